The molecule has 2 aromatic rings. The first-order valence-electron chi connectivity index (χ1n) is 15.6. The van der Waals surface area contributed by atoms with E-state index < -0.39 is 71.1 Å². The molecule has 258 valence electrons. The van der Waals surface area contributed by atoms with Gasteiger partial charge >= 0.3 is 12.1 Å². The number of amides is 4. The minimum absolute atomic E-state index is 0.0872. The summed E-state index contributed by atoms with van der Waals surface area (Å²) in [5.74, 6) is -3.29. The van der Waals surface area contributed by atoms with E-state index in [1.54, 1.807) is 80.5 Å². The van der Waals surface area contributed by atoms with Gasteiger partial charge in [0.2, 0.25) is 17.7 Å². The van der Waals surface area contributed by atoms with E-state index in [2.05, 4.69) is 10.6 Å². The molecule has 0 bridgehead atoms. The minimum atomic E-state index is -1.51. The minimum Gasteiger partial charge on any atom is -0.508 e. The van der Waals surface area contributed by atoms with Gasteiger partial charge in [0.15, 0.2) is 0 Å². The van der Waals surface area contributed by atoms with Gasteiger partial charge in [-0.3, -0.25) is 14.4 Å². The number of aromatic hydroxyl groups is 1. The molecule has 0 aliphatic carbocycles. The van der Waals surface area contributed by atoms with Crippen LogP contribution < -0.4 is 16.4 Å². The monoisotopic (exact) mass is 654 g/mol. The van der Waals surface area contributed by atoms with Crippen molar-refractivity contribution in [2.75, 3.05) is 0 Å². The van der Waals surface area contributed by atoms with Crippen molar-refractivity contribution < 1.29 is 38.6 Å². The van der Waals surface area contributed by atoms with E-state index in [1.807, 2.05) is 18.2 Å². The zero-order chi connectivity index (χ0) is 35.7. The van der Waals surface area contributed by atoms with Crippen LogP contribution in [0.5, 0.6) is 5.75 Å². The van der Waals surface area contributed by atoms with Gasteiger partial charge < -0.3 is 35.8 Å². The second-order valence-electron chi connectivity index (χ2n) is 14.0. The molecule has 12 heteroatoms. The van der Waals surface area contributed by atoms with Gasteiger partial charge in [-0.25, -0.2) is 9.59 Å². The van der Waals surface area contributed by atoms with Crippen molar-refractivity contribution in [1.82, 2.24) is 15.5 Å². The number of carbonyl (C=O) groups excluding carboxylic acids is 5. The summed E-state index contributed by atoms with van der Waals surface area (Å²) in [7, 11) is 0. The first-order valence-corrected chi connectivity index (χ1v) is 15.6. The Morgan fingerprint density at radius 1 is 0.830 bits per heavy atom. The Balaban J connectivity index is 2.71. The normalized spacial score (nSPS) is 13.8. The Labute approximate surface area is 277 Å². The summed E-state index contributed by atoms with van der Waals surface area (Å²) in [5, 5.41) is 15.7. The number of benzene rings is 2. The predicted molar refractivity (Wildman–Crippen MR) is 177 cm³/mol. The summed E-state index contributed by atoms with van der Waals surface area (Å²) in [6, 6.07) is 10.8. The van der Waals surface area contributed by atoms with E-state index in [0.29, 0.717) is 6.42 Å². The number of nitrogens with one attached hydrogen (secondary N) is 2. The maximum absolute atomic E-state index is 14.5. The van der Waals surface area contributed by atoms with Crippen LogP contribution in [0.25, 0.3) is 0 Å². The van der Waals surface area contributed by atoms with Crippen molar-refractivity contribution in [2.45, 2.75) is 116 Å². The summed E-state index contributed by atoms with van der Waals surface area (Å²) in [5.41, 5.74) is 3.63. The average Bonchev–Trinajstić information content (AvgIpc) is 2.93. The van der Waals surface area contributed by atoms with Crippen LogP contribution in [0.3, 0.4) is 0 Å². The lowest BCUT2D eigenvalue weighted by atomic mass is 9.91. The summed E-state index contributed by atoms with van der Waals surface area (Å²) in [6.07, 6.45) is -1.13. The second kappa shape index (κ2) is 15.8. The van der Waals surface area contributed by atoms with Gasteiger partial charge in [-0.1, -0.05) is 49.4 Å². The number of carbonyl (C=O) groups is 5. The van der Waals surface area contributed by atoms with Crippen LogP contribution >= 0.6 is 0 Å². The molecule has 0 spiro atoms. The van der Waals surface area contributed by atoms with Crippen LogP contribution in [0.2, 0.25) is 0 Å². The number of nitrogens with zero attached hydrogens (tertiary/aromatic N) is 1. The van der Waals surface area contributed by atoms with Gasteiger partial charge in [0.05, 0.1) is 6.42 Å². The number of phenolic OH excluding ortho intramolecular Hbond substituents is 1. The van der Waals surface area contributed by atoms with E-state index in [1.165, 1.54) is 23.1 Å². The summed E-state index contributed by atoms with van der Waals surface area (Å²) in [6.45, 7) is 15.3. The van der Waals surface area contributed by atoms with Crippen molar-refractivity contribution in [3.8, 4) is 5.75 Å². The van der Waals surface area contributed by atoms with Crippen LogP contribution in [0.15, 0.2) is 54.6 Å². The molecule has 3 unspecified atom stereocenters. The first-order chi connectivity index (χ1) is 21.6. The fraction of sp³-hybridized carbons (Fsp3) is 0.514. The lowest BCUT2D eigenvalue weighted by molar-refractivity contribution is -0.159. The van der Waals surface area contributed by atoms with Crippen LogP contribution in [0.1, 0.15) is 92.3 Å². The molecule has 12 nitrogen and oxygen atoms in total. The first kappa shape index (κ1) is 38.6. The van der Waals surface area contributed by atoms with Crippen LogP contribution in [0, 0.1) is 0 Å². The topological polar surface area (TPSA) is 177 Å². The summed E-state index contributed by atoms with van der Waals surface area (Å²) < 4.78 is 11.0. The maximum Gasteiger partial charge on any atom is 0.408 e. The lowest BCUT2D eigenvalue weighted by Crippen LogP contribution is -2.60. The lowest BCUT2D eigenvalue weighted by Gasteiger charge is -2.44. The highest BCUT2D eigenvalue weighted by molar-refractivity contribution is 5.96. The predicted octanol–water partition coefficient (Wildman–Crippen LogP) is 4.29. The second-order valence-corrected chi connectivity index (χ2v) is 14.0. The van der Waals surface area contributed by atoms with Crippen molar-refractivity contribution in [3.05, 3.63) is 65.7 Å². The fourth-order valence-electron chi connectivity index (χ4n) is 4.74. The van der Waals surface area contributed by atoms with Crippen molar-refractivity contribution >= 4 is 29.8 Å². The van der Waals surface area contributed by atoms with Gasteiger partial charge in [0, 0.05) is 12.0 Å². The molecule has 0 saturated carbocycles. The smallest absolute Gasteiger partial charge is 0.408 e. The molecule has 0 aliphatic heterocycles. The Hall–Kier alpha value is -4.61. The van der Waals surface area contributed by atoms with Crippen LogP contribution in [0.4, 0.5) is 4.79 Å². The summed E-state index contributed by atoms with van der Waals surface area (Å²) in [4.78, 5) is 68.7. The Morgan fingerprint density at radius 3 is 1.94 bits per heavy atom. The zero-order valence-corrected chi connectivity index (χ0v) is 28.9. The molecule has 0 saturated heterocycles. The molecule has 5 N–H and O–H groups in total. The largest absolute Gasteiger partial charge is 0.508 e. The fourth-order valence-corrected chi connectivity index (χ4v) is 4.74. The van der Waals surface area contributed by atoms with Gasteiger partial charge in [0.1, 0.15) is 35.1 Å². The molecule has 0 aliphatic rings. The number of esters is 1. The molecule has 0 aromatic heterocycles. The summed E-state index contributed by atoms with van der Waals surface area (Å²) >= 11 is 0. The van der Waals surface area contributed by atoms with E-state index in [4.69, 9.17) is 15.2 Å². The number of rotatable bonds is 13. The molecular formula is C35H50N4O8. The zero-order valence-electron chi connectivity index (χ0n) is 28.9. The number of hydrogen-bond donors (Lipinski definition) is 4. The number of ether oxygens (including phenoxy) is 2. The molecule has 0 radical (unpaired) electrons. The number of hydrogen-bond acceptors (Lipinski definition) is 8. The quantitative estimate of drug-likeness (QED) is 0.231. The molecule has 47 heavy (non-hydrogen) atoms. The van der Waals surface area contributed by atoms with E-state index >= 15 is 0 Å². The third kappa shape index (κ3) is 12.3. The SMILES string of the molecule is CCC(C)(C)N(C(=O)C(CC(N)=O)NC(=O)OC(C)(C)C)C(C(=O)NC(Cc1ccccc1)C(=O)OC(C)(C)C)c1cccc(O)c1. The molecule has 0 heterocycles. The van der Waals surface area contributed by atoms with Crippen molar-refractivity contribution in [2.24, 2.45) is 5.73 Å². The molecule has 4 amide bonds. The molecule has 2 rings (SSSR count). The van der Waals surface area contributed by atoms with E-state index in [-0.39, 0.29) is 17.7 Å². The number of primary amides is 1. The van der Waals surface area contributed by atoms with Gasteiger partial charge in [0.25, 0.3) is 0 Å². The highest BCUT2D eigenvalue weighted by Gasteiger charge is 2.44. The van der Waals surface area contributed by atoms with E-state index in [9.17, 15) is 29.1 Å². The average molecular weight is 655 g/mol. The Bertz CT molecular complexity index is 1410. The molecule has 2 aromatic carbocycles. The molecule has 0 fully saturated rings. The van der Waals surface area contributed by atoms with Gasteiger partial charge in [-0.15, -0.1) is 0 Å². The number of phenols is 1. The molecular weight excluding hydrogens is 604 g/mol. The highest BCUT2D eigenvalue weighted by atomic mass is 16.6. The maximum atomic E-state index is 14.5. The van der Waals surface area contributed by atoms with Crippen molar-refractivity contribution in [3.63, 3.8) is 0 Å². The van der Waals surface area contributed by atoms with Crippen molar-refractivity contribution in [1.29, 1.82) is 0 Å². The third-order valence-electron chi connectivity index (χ3n) is 7.13. The highest BCUT2D eigenvalue weighted by Crippen LogP contribution is 2.34. The standard InChI is InChI=1S/C35H50N4O8/c1-10-35(8,9)39(30(43)25(21-27(36)41)38-32(45)47-34(5,6)7)28(23-17-14-18-24(40)20-23)29(42)37-26(31(44)46-33(2,3)4)19-22-15-12-11-13-16-22/h11-18,20,25-26,28,40H,10,19,21H2,1-9H3,(H2,36,41)(H,37,42)(H,38,45). The number of alkyl carbamates (subject to hydrolysis) is 1. The van der Waals surface area contributed by atoms with Gasteiger partial charge in [-0.2, -0.15) is 0 Å². The van der Waals surface area contributed by atoms with E-state index in [0.717, 1.165) is 5.56 Å². The molecule has 3 atom stereocenters. The number of nitrogens with two attached hydrogens (primary N) is 1. The van der Waals surface area contributed by atoms with Crippen LogP contribution in [-0.4, -0.2) is 68.6 Å². The third-order valence-corrected chi connectivity index (χ3v) is 7.13. The Morgan fingerprint density at radius 2 is 1.43 bits per heavy atom. The van der Waals surface area contributed by atoms with Gasteiger partial charge in [-0.05, 0) is 85.1 Å². The van der Waals surface area contributed by atoms with Crippen LogP contribution in [-0.2, 0) is 35.1 Å². The Kier molecular flexibility index (Phi) is 13.0.